The maximum absolute atomic E-state index is 11.5. The van der Waals surface area contributed by atoms with Gasteiger partial charge in [-0.3, -0.25) is 4.79 Å². The van der Waals surface area contributed by atoms with E-state index in [1.165, 1.54) is 11.3 Å². The molecule has 0 aliphatic carbocycles. The number of carbonyl (C=O) groups is 2. The van der Waals surface area contributed by atoms with Gasteiger partial charge in [0.05, 0.1) is 6.17 Å². The molecule has 0 saturated carbocycles. The zero-order valence-corrected chi connectivity index (χ0v) is 10.1. The normalized spacial score (nSPS) is 19.9. The fraction of sp³-hybridized carbons (Fsp3) is 0.455. The standard InChI is InChI=1S/C11H14N2O3S/c12-9-3-4-10(14)13(9)6-5-7-1-2-8(17-7)11(15)16/h1-2,9H,3-6,12H2,(H,15,16). The van der Waals surface area contributed by atoms with Gasteiger partial charge in [0.25, 0.3) is 0 Å². The summed E-state index contributed by atoms with van der Waals surface area (Å²) in [4.78, 5) is 25.1. The first-order valence-corrected chi connectivity index (χ1v) is 6.26. The molecule has 0 bridgehead atoms. The molecule has 92 valence electrons. The Bertz CT molecular complexity index is 444. The van der Waals surface area contributed by atoms with Gasteiger partial charge in [-0.2, -0.15) is 0 Å². The van der Waals surface area contributed by atoms with Gasteiger partial charge in [-0.15, -0.1) is 11.3 Å². The second kappa shape index (κ2) is 4.85. The fourth-order valence-corrected chi connectivity index (χ4v) is 2.74. The van der Waals surface area contributed by atoms with Gasteiger partial charge in [0.2, 0.25) is 5.91 Å². The van der Waals surface area contributed by atoms with Gasteiger partial charge < -0.3 is 15.7 Å². The molecule has 1 fully saturated rings. The second-order valence-corrected chi connectivity index (χ2v) is 5.18. The molecule has 2 heterocycles. The van der Waals surface area contributed by atoms with E-state index in [0.717, 1.165) is 4.88 Å². The van der Waals surface area contributed by atoms with Crippen LogP contribution in [-0.4, -0.2) is 34.6 Å². The fourth-order valence-electron chi connectivity index (χ4n) is 1.90. The lowest BCUT2D eigenvalue weighted by Gasteiger charge is -2.20. The summed E-state index contributed by atoms with van der Waals surface area (Å²) in [6.45, 7) is 0.569. The molecular weight excluding hydrogens is 240 g/mol. The average Bonchev–Trinajstić information content (AvgIpc) is 2.85. The summed E-state index contributed by atoms with van der Waals surface area (Å²) < 4.78 is 0. The minimum atomic E-state index is -0.907. The Kier molecular flexibility index (Phi) is 3.44. The number of nitrogens with zero attached hydrogens (tertiary/aromatic N) is 1. The molecule has 3 N–H and O–H groups in total. The first-order valence-electron chi connectivity index (χ1n) is 5.45. The summed E-state index contributed by atoms with van der Waals surface area (Å²) in [5, 5.41) is 8.79. The van der Waals surface area contributed by atoms with Crippen molar-refractivity contribution < 1.29 is 14.7 Å². The van der Waals surface area contributed by atoms with Gasteiger partial charge in [0, 0.05) is 17.8 Å². The molecule has 1 aliphatic rings. The number of nitrogens with two attached hydrogens (primary N) is 1. The van der Waals surface area contributed by atoms with Crippen molar-refractivity contribution in [1.82, 2.24) is 4.90 Å². The highest BCUT2D eigenvalue weighted by Crippen LogP contribution is 2.19. The van der Waals surface area contributed by atoms with Crippen molar-refractivity contribution in [2.45, 2.75) is 25.4 Å². The molecular formula is C11H14N2O3S. The molecule has 1 unspecified atom stereocenters. The Hall–Kier alpha value is -1.40. The zero-order valence-electron chi connectivity index (χ0n) is 9.26. The molecule has 1 aromatic rings. The number of amides is 1. The third-order valence-corrected chi connectivity index (χ3v) is 3.98. The summed E-state index contributed by atoms with van der Waals surface area (Å²) in [7, 11) is 0. The second-order valence-electron chi connectivity index (χ2n) is 4.01. The highest BCUT2D eigenvalue weighted by atomic mass is 32.1. The number of rotatable bonds is 4. The Morgan fingerprint density at radius 1 is 1.59 bits per heavy atom. The van der Waals surface area contributed by atoms with Crippen LogP contribution in [0.1, 0.15) is 27.4 Å². The number of carbonyl (C=O) groups excluding carboxylic acids is 1. The number of carboxylic acid groups (broad SMARTS) is 1. The Labute approximate surface area is 103 Å². The molecule has 6 heteroatoms. The van der Waals surface area contributed by atoms with Crippen molar-refractivity contribution in [2.75, 3.05) is 6.54 Å². The largest absolute Gasteiger partial charge is 0.477 e. The number of thiophene rings is 1. The molecule has 1 amide bonds. The maximum Gasteiger partial charge on any atom is 0.345 e. The highest BCUT2D eigenvalue weighted by molar-refractivity contribution is 7.13. The van der Waals surface area contributed by atoms with Crippen LogP contribution < -0.4 is 5.73 Å². The van der Waals surface area contributed by atoms with Crippen LogP contribution in [0.3, 0.4) is 0 Å². The van der Waals surface area contributed by atoms with Crippen LogP contribution in [0.25, 0.3) is 0 Å². The van der Waals surface area contributed by atoms with E-state index in [2.05, 4.69) is 0 Å². The molecule has 0 spiro atoms. The van der Waals surface area contributed by atoms with Crippen molar-refractivity contribution >= 4 is 23.2 Å². The van der Waals surface area contributed by atoms with Crippen LogP contribution in [0.5, 0.6) is 0 Å². The summed E-state index contributed by atoms with van der Waals surface area (Å²) in [6, 6.07) is 3.38. The van der Waals surface area contributed by atoms with E-state index in [0.29, 0.717) is 30.7 Å². The van der Waals surface area contributed by atoms with E-state index < -0.39 is 5.97 Å². The lowest BCUT2D eigenvalue weighted by Crippen LogP contribution is -2.40. The topological polar surface area (TPSA) is 83.6 Å². The van der Waals surface area contributed by atoms with Crippen molar-refractivity contribution in [3.05, 3.63) is 21.9 Å². The molecule has 1 aliphatic heterocycles. The first-order chi connectivity index (χ1) is 8.08. The summed E-state index contributed by atoms with van der Waals surface area (Å²) >= 11 is 1.25. The van der Waals surface area contributed by atoms with E-state index in [4.69, 9.17) is 10.8 Å². The van der Waals surface area contributed by atoms with E-state index in [9.17, 15) is 9.59 Å². The zero-order chi connectivity index (χ0) is 12.4. The number of aromatic carboxylic acids is 1. The van der Waals surface area contributed by atoms with E-state index >= 15 is 0 Å². The third kappa shape index (κ3) is 2.65. The van der Waals surface area contributed by atoms with E-state index in [1.54, 1.807) is 17.0 Å². The van der Waals surface area contributed by atoms with Gasteiger partial charge in [0.1, 0.15) is 4.88 Å². The van der Waals surface area contributed by atoms with Crippen molar-refractivity contribution in [1.29, 1.82) is 0 Å². The number of hydrogen-bond donors (Lipinski definition) is 2. The van der Waals surface area contributed by atoms with E-state index in [1.807, 2.05) is 0 Å². The molecule has 1 saturated heterocycles. The quantitative estimate of drug-likeness (QED) is 0.836. The predicted molar refractivity (Wildman–Crippen MR) is 63.9 cm³/mol. The van der Waals surface area contributed by atoms with Crippen molar-refractivity contribution in [3.8, 4) is 0 Å². The molecule has 0 radical (unpaired) electrons. The Morgan fingerprint density at radius 3 is 2.88 bits per heavy atom. The predicted octanol–water partition coefficient (Wildman–Crippen LogP) is 0.896. The van der Waals surface area contributed by atoms with E-state index in [-0.39, 0.29) is 12.1 Å². The molecule has 17 heavy (non-hydrogen) atoms. The van der Waals surface area contributed by atoms with Gasteiger partial charge in [-0.1, -0.05) is 0 Å². The Morgan fingerprint density at radius 2 is 2.35 bits per heavy atom. The average molecular weight is 254 g/mol. The minimum absolute atomic E-state index is 0.0903. The maximum atomic E-state index is 11.5. The van der Waals surface area contributed by atoms with Gasteiger partial charge >= 0.3 is 5.97 Å². The van der Waals surface area contributed by atoms with Gasteiger partial charge in [0.15, 0.2) is 0 Å². The lowest BCUT2D eigenvalue weighted by atomic mass is 10.3. The molecule has 1 aromatic heterocycles. The van der Waals surface area contributed by atoms with Gasteiger partial charge in [-0.05, 0) is 25.0 Å². The van der Waals surface area contributed by atoms with Crippen LogP contribution in [-0.2, 0) is 11.2 Å². The number of carboxylic acids is 1. The molecule has 0 aromatic carbocycles. The third-order valence-electron chi connectivity index (χ3n) is 2.85. The summed E-state index contributed by atoms with van der Waals surface area (Å²) in [5.41, 5.74) is 5.80. The van der Waals surface area contributed by atoms with Crippen molar-refractivity contribution in [2.24, 2.45) is 5.73 Å². The lowest BCUT2D eigenvalue weighted by molar-refractivity contribution is -0.128. The number of likely N-dealkylation sites (tertiary alicyclic amines) is 1. The number of hydrogen-bond acceptors (Lipinski definition) is 4. The van der Waals surface area contributed by atoms with Crippen molar-refractivity contribution in [3.63, 3.8) is 0 Å². The van der Waals surface area contributed by atoms with Crippen LogP contribution in [0.2, 0.25) is 0 Å². The summed E-state index contributed by atoms with van der Waals surface area (Å²) in [6.07, 6.45) is 1.72. The van der Waals surface area contributed by atoms with Crippen LogP contribution in [0.4, 0.5) is 0 Å². The highest BCUT2D eigenvalue weighted by Gasteiger charge is 2.27. The van der Waals surface area contributed by atoms with Gasteiger partial charge in [-0.25, -0.2) is 4.79 Å². The smallest absolute Gasteiger partial charge is 0.345 e. The molecule has 5 nitrogen and oxygen atoms in total. The Balaban J connectivity index is 1.93. The monoisotopic (exact) mass is 254 g/mol. The van der Waals surface area contributed by atoms with Crippen LogP contribution in [0.15, 0.2) is 12.1 Å². The van der Waals surface area contributed by atoms with Crippen LogP contribution in [0, 0.1) is 0 Å². The SMILES string of the molecule is NC1CCC(=O)N1CCc1ccc(C(=O)O)s1. The molecule has 2 rings (SSSR count). The molecule has 1 atom stereocenters. The van der Waals surface area contributed by atoms with Crippen LogP contribution >= 0.6 is 11.3 Å². The minimum Gasteiger partial charge on any atom is -0.477 e. The summed E-state index contributed by atoms with van der Waals surface area (Å²) in [5.74, 6) is -0.817. The first kappa shape index (κ1) is 12.1.